The molecule has 0 bridgehead atoms. The van der Waals surface area contributed by atoms with Crippen molar-refractivity contribution in [3.8, 4) is 0 Å². The fraction of sp³-hybridized carbons (Fsp3) is 0.588. The predicted molar refractivity (Wildman–Crippen MR) is 92.1 cm³/mol. The first-order valence-electron chi connectivity index (χ1n) is 7.99. The second-order valence-electron chi connectivity index (χ2n) is 6.60. The molecule has 3 N–H and O–H groups in total. The highest BCUT2D eigenvalue weighted by Crippen LogP contribution is 2.45. The number of benzene rings is 1. The molecular weight excluding hydrogens is 326 g/mol. The van der Waals surface area contributed by atoms with Gasteiger partial charge in [-0.1, -0.05) is 25.3 Å². The predicted octanol–water partition coefficient (Wildman–Crippen LogP) is 4.28. The highest BCUT2D eigenvalue weighted by atomic mass is 79.9. The van der Waals surface area contributed by atoms with Crippen molar-refractivity contribution < 1.29 is 0 Å². The van der Waals surface area contributed by atoms with E-state index in [1.807, 2.05) is 12.1 Å². The molecule has 2 fully saturated rings. The molecule has 3 rings (SSSR count). The summed E-state index contributed by atoms with van der Waals surface area (Å²) in [6.45, 7) is 2.19. The third-order valence-corrected chi connectivity index (χ3v) is 6.00. The Morgan fingerprint density at radius 1 is 1.10 bits per heavy atom. The number of nitrogens with zero attached hydrogens (tertiary/aromatic N) is 1. The Labute approximate surface area is 135 Å². The van der Waals surface area contributed by atoms with Crippen LogP contribution in [-0.2, 0) is 0 Å². The van der Waals surface area contributed by atoms with Crippen LogP contribution in [0.5, 0.6) is 0 Å². The van der Waals surface area contributed by atoms with Crippen LogP contribution in [0.15, 0.2) is 22.7 Å². The van der Waals surface area contributed by atoms with E-state index in [9.17, 15) is 0 Å². The minimum absolute atomic E-state index is 0.149. The van der Waals surface area contributed by atoms with Crippen molar-refractivity contribution in [2.45, 2.75) is 44.9 Å². The maximum Gasteiger partial charge on any atom is 0.126 e. The van der Waals surface area contributed by atoms with Crippen LogP contribution in [0.2, 0.25) is 0 Å². The van der Waals surface area contributed by atoms with E-state index in [1.54, 1.807) is 0 Å². The number of halogens is 1. The van der Waals surface area contributed by atoms with E-state index >= 15 is 0 Å². The minimum Gasteiger partial charge on any atom is -0.384 e. The van der Waals surface area contributed by atoms with Crippen molar-refractivity contribution in [3.05, 3.63) is 28.2 Å². The number of hydrogen-bond donors (Lipinski definition) is 2. The average Bonchev–Trinajstić information content (AvgIpc) is 2.48. The van der Waals surface area contributed by atoms with Gasteiger partial charge in [-0.25, -0.2) is 0 Å². The van der Waals surface area contributed by atoms with Gasteiger partial charge in [0.15, 0.2) is 0 Å². The number of nitrogens with one attached hydrogen (secondary N) is 1. The van der Waals surface area contributed by atoms with Crippen LogP contribution < -0.4 is 10.6 Å². The number of anilines is 1. The molecule has 0 unspecified atom stereocenters. The Kier molecular flexibility index (Phi) is 4.25. The summed E-state index contributed by atoms with van der Waals surface area (Å²) in [6.07, 6.45) is 9.65. The van der Waals surface area contributed by atoms with Crippen LogP contribution in [0.4, 0.5) is 5.69 Å². The molecule has 3 nitrogen and oxygen atoms in total. The van der Waals surface area contributed by atoms with Gasteiger partial charge in [-0.05, 0) is 59.2 Å². The molecule has 1 aromatic rings. The van der Waals surface area contributed by atoms with Crippen LogP contribution in [0.1, 0.15) is 50.5 Å². The normalized spacial score (nSPS) is 21.5. The quantitative estimate of drug-likeness (QED) is 0.618. The van der Waals surface area contributed by atoms with E-state index in [2.05, 4.69) is 26.9 Å². The summed E-state index contributed by atoms with van der Waals surface area (Å²) in [4.78, 5) is 2.42. The van der Waals surface area contributed by atoms with Gasteiger partial charge < -0.3 is 10.6 Å². The van der Waals surface area contributed by atoms with Crippen LogP contribution in [-0.4, -0.2) is 18.9 Å². The molecule has 1 saturated heterocycles. The lowest BCUT2D eigenvalue weighted by molar-refractivity contribution is 0.144. The zero-order valence-electron chi connectivity index (χ0n) is 12.5. The molecule has 21 heavy (non-hydrogen) atoms. The molecule has 2 aliphatic rings. The molecule has 1 aliphatic carbocycles. The molecule has 1 spiro atoms. The van der Waals surface area contributed by atoms with Gasteiger partial charge >= 0.3 is 0 Å². The van der Waals surface area contributed by atoms with Crippen molar-refractivity contribution in [1.29, 1.82) is 5.41 Å². The first kappa shape index (κ1) is 14.9. The second-order valence-corrected chi connectivity index (χ2v) is 7.45. The first-order valence-corrected chi connectivity index (χ1v) is 8.78. The van der Waals surface area contributed by atoms with E-state index in [4.69, 9.17) is 11.1 Å². The van der Waals surface area contributed by atoms with Crippen molar-refractivity contribution in [2.24, 2.45) is 11.1 Å². The summed E-state index contributed by atoms with van der Waals surface area (Å²) >= 11 is 3.54. The lowest BCUT2D eigenvalue weighted by Crippen LogP contribution is -2.41. The maximum absolute atomic E-state index is 7.85. The summed E-state index contributed by atoms with van der Waals surface area (Å²) in [6, 6.07) is 6.10. The molecule has 114 valence electrons. The lowest BCUT2D eigenvalue weighted by Gasteiger charge is -2.45. The van der Waals surface area contributed by atoms with Crippen LogP contribution in [0, 0.1) is 10.8 Å². The van der Waals surface area contributed by atoms with Crippen molar-refractivity contribution in [1.82, 2.24) is 0 Å². The minimum atomic E-state index is 0.149. The fourth-order valence-corrected chi connectivity index (χ4v) is 4.64. The van der Waals surface area contributed by atoms with E-state index < -0.39 is 0 Å². The largest absolute Gasteiger partial charge is 0.384 e. The lowest BCUT2D eigenvalue weighted by atomic mass is 9.68. The topological polar surface area (TPSA) is 53.1 Å². The highest BCUT2D eigenvalue weighted by molar-refractivity contribution is 9.10. The van der Waals surface area contributed by atoms with E-state index in [0.717, 1.165) is 28.8 Å². The van der Waals surface area contributed by atoms with Crippen LogP contribution in [0.3, 0.4) is 0 Å². The van der Waals surface area contributed by atoms with Crippen molar-refractivity contribution in [3.63, 3.8) is 0 Å². The molecule has 1 aliphatic heterocycles. The van der Waals surface area contributed by atoms with E-state index in [1.165, 1.54) is 44.9 Å². The zero-order chi connectivity index (χ0) is 14.9. The van der Waals surface area contributed by atoms with Gasteiger partial charge in [-0.15, -0.1) is 0 Å². The first-order chi connectivity index (χ1) is 10.1. The molecule has 1 aromatic carbocycles. The standard InChI is InChI=1S/C17H24BrN3/c18-13-5-4-6-14(15(13)16(19)20)21-11-9-17(10-12-21)7-2-1-3-8-17/h4-6H,1-3,7-12H2,(H3,19,20). The SMILES string of the molecule is N=C(N)c1c(Br)cccc1N1CCC2(CCCCC2)CC1. The summed E-state index contributed by atoms with van der Waals surface area (Å²) < 4.78 is 0.922. The van der Waals surface area contributed by atoms with Crippen LogP contribution >= 0.6 is 15.9 Å². The van der Waals surface area contributed by atoms with E-state index in [0.29, 0.717) is 5.41 Å². The highest BCUT2D eigenvalue weighted by Gasteiger charge is 2.36. The zero-order valence-corrected chi connectivity index (χ0v) is 14.1. The van der Waals surface area contributed by atoms with Gasteiger partial charge in [-0.3, -0.25) is 5.41 Å². The molecule has 1 heterocycles. The Balaban J connectivity index is 1.78. The van der Waals surface area contributed by atoms with E-state index in [-0.39, 0.29) is 5.84 Å². The van der Waals surface area contributed by atoms with Gasteiger partial charge in [0.2, 0.25) is 0 Å². The Bertz CT molecular complexity index is 525. The third kappa shape index (κ3) is 2.96. The number of piperidine rings is 1. The Morgan fingerprint density at radius 2 is 1.76 bits per heavy atom. The molecule has 4 heteroatoms. The number of rotatable bonds is 2. The molecule has 0 amide bonds. The Hall–Kier alpha value is -1.03. The van der Waals surface area contributed by atoms with Gasteiger partial charge in [0.1, 0.15) is 5.84 Å². The number of nitrogen functional groups attached to an aromatic ring is 1. The molecule has 0 atom stereocenters. The molecule has 1 saturated carbocycles. The van der Waals surface area contributed by atoms with Gasteiger partial charge in [0, 0.05) is 23.2 Å². The molecule has 0 aromatic heterocycles. The van der Waals surface area contributed by atoms with Crippen LogP contribution in [0.25, 0.3) is 0 Å². The molecule has 0 radical (unpaired) electrons. The fourth-order valence-electron chi connectivity index (χ4n) is 4.07. The maximum atomic E-state index is 7.85. The van der Waals surface area contributed by atoms with Gasteiger partial charge in [-0.2, -0.15) is 0 Å². The number of amidine groups is 1. The van der Waals surface area contributed by atoms with Crippen molar-refractivity contribution >= 4 is 27.5 Å². The summed E-state index contributed by atoms with van der Waals surface area (Å²) in [7, 11) is 0. The summed E-state index contributed by atoms with van der Waals surface area (Å²) in [5.74, 6) is 0.149. The monoisotopic (exact) mass is 349 g/mol. The summed E-state index contributed by atoms with van der Waals surface area (Å²) in [5.41, 5.74) is 8.35. The molecular formula is C17H24BrN3. The van der Waals surface area contributed by atoms with Crippen molar-refractivity contribution in [2.75, 3.05) is 18.0 Å². The number of nitrogens with two attached hydrogens (primary N) is 1. The van der Waals surface area contributed by atoms with Gasteiger partial charge in [0.05, 0.1) is 5.56 Å². The van der Waals surface area contributed by atoms with Gasteiger partial charge in [0.25, 0.3) is 0 Å². The smallest absolute Gasteiger partial charge is 0.126 e. The third-order valence-electron chi connectivity index (χ3n) is 5.34. The second kappa shape index (κ2) is 5.99. The Morgan fingerprint density at radius 3 is 2.38 bits per heavy atom. The number of hydrogen-bond acceptors (Lipinski definition) is 2. The summed E-state index contributed by atoms with van der Waals surface area (Å²) in [5, 5.41) is 7.85. The average molecular weight is 350 g/mol.